The van der Waals surface area contributed by atoms with Crippen LogP contribution >= 0.6 is 0 Å². The van der Waals surface area contributed by atoms with Crippen LogP contribution in [0.3, 0.4) is 0 Å². The number of fused-ring (bicyclic) bond motifs is 4. The van der Waals surface area contributed by atoms with Crippen molar-refractivity contribution in [2.45, 2.75) is 0 Å². The topological polar surface area (TPSA) is 63.0 Å². The lowest BCUT2D eigenvalue weighted by Gasteiger charge is -2.08. The minimum absolute atomic E-state index is 0. The molecule has 0 radical (unpaired) electrons. The number of hydrogen-bond donors (Lipinski definition) is 2. The molecule has 0 saturated carbocycles. The fourth-order valence-electron chi connectivity index (χ4n) is 3.07. The summed E-state index contributed by atoms with van der Waals surface area (Å²) >= 11 is 0. The molecular weight excluding hydrogens is 386 g/mol. The minimum atomic E-state index is 0. The molecule has 0 aliphatic heterocycles. The predicted molar refractivity (Wildman–Crippen MR) is 91.0 cm³/mol. The van der Waals surface area contributed by atoms with Gasteiger partial charge in [0.2, 0.25) is 5.52 Å². The smallest absolute Gasteiger partial charge is 0.219 e. The van der Waals surface area contributed by atoms with Crippen LogP contribution < -0.4 is 30.9 Å². The highest BCUT2D eigenvalue weighted by molar-refractivity contribution is 6.00. The zero-order chi connectivity index (χ0) is 16.8. The van der Waals surface area contributed by atoms with Crippen molar-refractivity contribution in [2.75, 3.05) is 14.2 Å². The first-order chi connectivity index (χ1) is 11.6. The van der Waals surface area contributed by atoms with Crippen LogP contribution in [0.5, 0.6) is 23.0 Å². The maximum Gasteiger partial charge on any atom is 0.219 e. The molecule has 0 fully saturated rings. The quantitative estimate of drug-likeness (QED) is 0.285. The van der Waals surface area contributed by atoms with E-state index in [2.05, 4.69) is 0 Å². The predicted octanol–water partition coefficient (Wildman–Crippen LogP) is 0.164. The van der Waals surface area contributed by atoms with Gasteiger partial charge in [-0.15, -0.1) is 0 Å². The van der Waals surface area contributed by atoms with Crippen molar-refractivity contribution < 1.29 is 41.1 Å². The van der Waals surface area contributed by atoms with Gasteiger partial charge < -0.3 is 36.7 Å². The van der Waals surface area contributed by atoms with Gasteiger partial charge in [0.05, 0.1) is 25.0 Å². The average Bonchev–Trinajstić information content (AvgIpc) is 2.60. The van der Waals surface area contributed by atoms with Crippen molar-refractivity contribution in [1.82, 2.24) is 0 Å². The number of pyridine rings is 2. The fourth-order valence-corrected chi connectivity index (χ4v) is 3.07. The van der Waals surface area contributed by atoms with E-state index in [4.69, 9.17) is 9.47 Å². The Morgan fingerprint density at radius 2 is 1.56 bits per heavy atom. The first-order valence-electron chi connectivity index (χ1n) is 7.47. The molecule has 2 heterocycles. The number of hydrogen-bond acceptors (Lipinski definition) is 4. The number of phenols is 2. The van der Waals surface area contributed by atoms with Crippen LogP contribution in [0.1, 0.15) is 0 Å². The standard InChI is InChI=1S/C19H15NO4.BrH/c1-23-17-4-3-11-7-15-13-9-16(21)18(24-2)8-12(13)5-6-20(15)10-14(11)19(17)22;/h3-10,21H,1-2H3;1H. The van der Waals surface area contributed by atoms with Crippen molar-refractivity contribution in [3.63, 3.8) is 0 Å². The third-order valence-corrected chi connectivity index (χ3v) is 4.31. The molecule has 0 atom stereocenters. The number of ether oxygens (including phenoxy) is 2. The molecule has 0 amide bonds. The van der Waals surface area contributed by atoms with Crippen molar-refractivity contribution in [1.29, 1.82) is 0 Å². The van der Waals surface area contributed by atoms with Crippen LogP contribution in [0.2, 0.25) is 0 Å². The van der Waals surface area contributed by atoms with Gasteiger partial charge >= 0.3 is 0 Å². The Bertz CT molecular complexity index is 1110. The van der Waals surface area contributed by atoms with Gasteiger partial charge in [-0.25, -0.2) is 0 Å². The van der Waals surface area contributed by atoms with Crippen molar-refractivity contribution in [3.05, 3.63) is 48.8 Å². The van der Waals surface area contributed by atoms with Gasteiger partial charge in [-0.3, -0.25) is 0 Å². The van der Waals surface area contributed by atoms with Gasteiger partial charge in [0.25, 0.3) is 0 Å². The maximum atomic E-state index is 10.3. The third-order valence-electron chi connectivity index (χ3n) is 4.31. The maximum absolute atomic E-state index is 10.3. The van der Waals surface area contributed by atoms with Gasteiger partial charge in [0.15, 0.2) is 35.4 Å². The fraction of sp³-hybridized carbons (Fsp3) is 0.105. The second-order valence-electron chi connectivity index (χ2n) is 5.61. The lowest BCUT2D eigenvalue weighted by Crippen LogP contribution is -3.00. The Morgan fingerprint density at radius 1 is 0.840 bits per heavy atom. The highest BCUT2D eigenvalue weighted by atomic mass is 79.9. The normalized spacial score (nSPS) is 10.8. The summed E-state index contributed by atoms with van der Waals surface area (Å²) in [5.41, 5.74) is 0.919. The minimum Gasteiger partial charge on any atom is -1.00 e. The molecule has 6 heteroatoms. The number of benzene rings is 2. The molecule has 0 unspecified atom stereocenters. The number of methoxy groups -OCH3 is 2. The number of halogens is 1. The molecule has 2 aromatic heterocycles. The molecule has 2 aromatic carbocycles. The van der Waals surface area contributed by atoms with E-state index in [9.17, 15) is 10.2 Å². The number of aromatic nitrogens is 1. The summed E-state index contributed by atoms with van der Waals surface area (Å²) in [6.45, 7) is 0. The van der Waals surface area contributed by atoms with E-state index in [1.165, 1.54) is 14.2 Å². The number of nitrogens with zero attached hydrogens (tertiary/aromatic N) is 1. The second-order valence-corrected chi connectivity index (χ2v) is 5.61. The zero-order valence-electron chi connectivity index (χ0n) is 13.7. The summed E-state index contributed by atoms with van der Waals surface area (Å²) in [5.74, 6) is 1.08. The lowest BCUT2D eigenvalue weighted by molar-refractivity contribution is -0.509. The van der Waals surface area contributed by atoms with Crippen LogP contribution in [0, 0.1) is 0 Å². The monoisotopic (exact) mass is 401 g/mol. The summed E-state index contributed by atoms with van der Waals surface area (Å²) in [6.07, 6.45) is 3.76. The molecule has 0 bridgehead atoms. The third kappa shape index (κ3) is 2.59. The van der Waals surface area contributed by atoms with E-state index in [-0.39, 0.29) is 28.5 Å². The molecule has 0 saturated heterocycles. The second kappa shape index (κ2) is 6.29. The molecule has 0 spiro atoms. The van der Waals surface area contributed by atoms with Crippen LogP contribution in [0.15, 0.2) is 48.8 Å². The van der Waals surface area contributed by atoms with Crippen LogP contribution in [-0.2, 0) is 0 Å². The Morgan fingerprint density at radius 3 is 2.28 bits per heavy atom. The molecule has 2 N–H and O–H groups in total. The number of rotatable bonds is 2. The largest absolute Gasteiger partial charge is 1.00 e. The van der Waals surface area contributed by atoms with Gasteiger partial charge in [0, 0.05) is 12.1 Å². The zero-order valence-corrected chi connectivity index (χ0v) is 15.2. The number of aromatic hydroxyl groups is 2. The van der Waals surface area contributed by atoms with E-state index in [1.807, 2.05) is 35.0 Å². The number of phenolic OH excluding ortho intramolecular Hbond substituents is 2. The highest BCUT2D eigenvalue weighted by Crippen LogP contribution is 2.36. The molecule has 128 valence electrons. The Kier molecular flexibility index (Phi) is 4.30. The Hall–Kier alpha value is -2.73. The summed E-state index contributed by atoms with van der Waals surface area (Å²) < 4.78 is 12.3. The SMILES string of the molecule is COc1cc2cc[n+]3cc4c(O)c(OC)ccc4cc3c2cc1O.[Br-]. The highest BCUT2D eigenvalue weighted by Gasteiger charge is 2.16. The van der Waals surface area contributed by atoms with Crippen molar-refractivity contribution in [3.8, 4) is 23.0 Å². The van der Waals surface area contributed by atoms with E-state index in [0.29, 0.717) is 16.9 Å². The molecule has 5 nitrogen and oxygen atoms in total. The van der Waals surface area contributed by atoms with Gasteiger partial charge in [-0.05, 0) is 35.0 Å². The molecule has 0 aliphatic rings. The average molecular weight is 402 g/mol. The molecule has 25 heavy (non-hydrogen) atoms. The van der Waals surface area contributed by atoms with E-state index in [1.54, 1.807) is 18.2 Å². The summed E-state index contributed by atoms with van der Waals surface area (Å²) in [4.78, 5) is 0. The van der Waals surface area contributed by atoms with Gasteiger partial charge in [-0.2, -0.15) is 4.40 Å². The first-order valence-corrected chi connectivity index (χ1v) is 7.47. The molecule has 4 aromatic rings. The van der Waals surface area contributed by atoms with E-state index >= 15 is 0 Å². The Balaban J connectivity index is 0.00000182. The Labute approximate surface area is 154 Å². The first kappa shape index (κ1) is 17.1. The van der Waals surface area contributed by atoms with Gasteiger partial charge in [0.1, 0.15) is 0 Å². The molecule has 0 aliphatic carbocycles. The van der Waals surface area contributed by atoms with E-state index in [0.717, 1.165) is 21.7 Å². The van der Waals surface area contributed by atoms with Crippen LogP contribution in [0.4, 0.5) is 0 Å². The van der Waals surface area contributed by atoms with Crippen molar-refractivity contribution >= 4 is 27.1 Å². The molecular formula is C19H16BrNO4. The van der Waals surface area contributed by atoms with Gasteiger partial charge in [-0.1, -0.05) is 0 Å². The summed E-state index contributed by atoms with van der Waals surface area (Å²) in [7, 11) is 3.05. The van der Waals surface area contributed by atoms with E-state index < -0.39 is 0 Å². The van der Waals surface area contributed by atoms with Crippen LogP contribution in [-0.4, -0.2) is 24.4 Å². The summed E-state index contributed by atoms with van der Waals surface area (Å²) in [5, 5.41) is 23.9. The molecule has 4 rings (SSSR count). The van der Waals surface area contributed by atoms with Crippen molar-refractivity contribution in [2.24, 2.45) is 0 Å². The summed E-state index contributed by atoms with van der Waals surface area (Å²) in [6, 6.07) is 11.0. The van der Waals surface area contributed by atoms with Crippen LogP contribution in [0.25, 0.3) is 27.1 Å². The lowest BCUT2D eigenvalue weighted by atomic mass is 10.1.